The lowest BCUT2D eigenvalue weighted by Crippen LogP contribution is -2.50. The first kappa shape index (κ1) is 23.2. The molecule has 0 saturated carbocycles. The normalized spacial score (nSPS) is 18.1. The van der Waals surface area contributed by atoms with Crippen molar-refractivity contribution < 1.29 is 19.1 Å². The van der Waals surface area contributed by atoms with Crippen molar-refractivity contribution in [1.82, 2.24) is 14.7 Å². The average molecular weight is 468 g/mol. The zero-order valence-electron chi connectivity index (χ0n) is 18.4. The number of benzene rings is 2. The summed E-state index contributed by atoms with van der Waals surface area (Å²) in [6.07, 6.45) is 2.36. The lowest BCUT2D eigenvalue weighted by molar-refractivity contribution is -0.144. The zero-order chi connectivity index (χ0) is 23.4. The number of carbonyl (C=O) groups is 3. The van der Waals surface area contributed by atoms with Crippen molar-refractivity contribution in [3.63, 3.8) is 0 Å². The van der Waals surface area contributed by atoms with E-state index in [0.717, 1.165) is 31.7 Å². The molecule has 1 fully saturated rings. The molecule has 0 bridgehead atoms. The molecule has 2 heterocycles. The van der Waals surface area contributed by atoms with Crippen LogP contribution in [0.3, 0.4) is 0 Å². The Balaban J connectivity index is 1.46. The van der Waals surface area contributed by atoms with Crippen molar-refractivity contribution >= 4 is 35.5 Å². The van der Waals surface area contributed by atoms with Gasteiger partial charge in [0.15, 0.2) is 0 Å². The minimum Gasteiger partial charge on any atom is -0.456 e. The van der Waals surface area contributed by atoms with Crippen LogP contribution in [0.15, 0.2) is 54.6 Å². The van der Waals surface area contributed by atoms with Gasteiger partial charge in [-0.15, -0.1) is 0 Å². The maximum atomic E-state index is 12.8. The van der Waals surface area contributed by atoms with Crippen LogP contribution in [0, 0.1) is 0 Å². The van der Waals surface area contributed by atoms with Crippen LogP contribution >= 0.6 is 11.6 Å². The summed E-state index contributed by atoms with van der Waals surface area (Å²) in [4.78, 5) is 43.8. The smallest absolute Gasteiger partial charge is 0.331 e. The minimum absolute atomic E-state index is 0.0131. The second kappa shape index (κ2) is 10.3. The summed E-state index contributed by atoms with van der Waals surface area (Å²) in [6, 6.07) is 13.8. The Hall–Kier alpha value is -3.00. The number of piperazine rings is 1. The third-order valence-corrected chi connectivity index (χ3v) is 6.14. The highest BCUT2D eigenvalue weighted by molar-refractivity contribution is 6.30. The number of halogens is 1. The van der Waals surface area contributed by atoms with Crippen molar-refractivity contribution in [2.45, 2.75) is 6.10 Å². The average Bonchev–Trinajstić information content (AvgIpc) is 3.05. The maximum absolute atomic E-state index is 12.8. The van der Waals surface area contributed by atoms with E-state index in [4.69, 9.17) is 16.3 Å². The monoisotopic (exact) mass is 467 g/mol. The van der Waals surface area contributed by atoms with E-state index in [1.165, 1.54) is 11.0 Å². The number of fused-ring (bicyclic) bond motifs is 1. The van der Waals surface area contributed by atoms with Crippen molar-refractivity contribution in [1.29, 1.82) is 0 Å². The van der Waals surface area contributed by atoms with Crippen LogP contribution < -0.4 is 0 Å². The topological polar surface area (TPSA) is 70.2 Å². The second-order valence-corrected chi connectivity index (χ2v) is 8.75. The highest BCUT2D eigenvalue weighted by Crippen LogP contribution is 2.23. The molecule has 2 aromatic carbocycles. The van der Waals surface area contributed by atoms with Gasteiger partial charge in [0.25, 0.3) is 11.8 Å². The fourth-order valence-electron chi connectivity index (χ4n) is 4.00. The molecule has 0 radical (unpaired) electrons. The van der Waals surface area contributed by atoms with E-state index in [2.05, 4.69) is 16.8 Å². The summed E-state index contributed by atoms with van der Waals surface area (Å²) < 4.78 is 5.73. The lowest BCUT2D eigenvalue weighted by Gasteiger charge is -2.35. The van der Waals surface area contributed by atoms with Crippen molar-refractivity contribution in [3.8, 4) is 0 Å². The molecule has 4 rings (SSSR count). The van der Waals surface area contributed by atoms with Crippen LogP contribution in [0.1, 0.15) is 26.3 Å². The molecule has 2 aliphatic heterocycles. The molecule has 172 valence electrons. The fourth-order valence-corrected chi connectivity index (χ4v) is 4.13. The predicted octanol–water partition coefficient (Wildman–Crippen LogP) is 2.81. The molecule has 2 aliphatic rings. The Morgan fingerprint density at radius 1 is 0.970 bits per heavy atom. The summed E-state index contributed by atoms with van der Waals surface area (Å²) in [7, 11) is 2.06. The van der Waals surface area contributed by atoms with Crippen LogP contribution in [0.2, 0.25) is 5.02 Å². The zero-order valence-corrected chi connectivity index (χ0v) is 19.2. The number of carbonyl (C=O) groups excluding carboxylic acids is 3. The van der Waals surface area contributed by atoms with Crippen LogP contribution in [-0.4, -0.2) is 84.9 Å². The highest BCUT2D eigenvalue weighted by Gasteiger charge is 2.37. The van der Waals surface area contributed by atoms with Gasteiger partial charge in [-0.1, -0.05) is 35.9 Å². The maximum Gasteiger partial charge on any atom is 0.331 e. The third-order valence-electron chi connectivity index (χ3n) is 5.89. The van der Waals surface area contributed by atoms with Gasteiger partial charge in [0.2, 0.25) is 0 Å². The van der Waals surface area contributed by atoms with E-state index in [0.29, 0.717) is 22.7 Å². The van der Waals surface area contributed by atoms with Crippen molar-refractivity contribution in [2.75, 3.05) is 46.3 Å². The molecule has 0 spiro atoms. The Morgan fingerprint density at radius 2 is 1.58 bits per heavy atom. The molecule has 7 nitrogen and oxygen atoms in total. The summed E-state index contributed by atoms with van der Waals surface area (Å²) in [6.45, 7) is 3.93. The van der Waals surface area contributed by atoms with E-state index >= 15 is 0 Å². The van der Waals surface area contributed by atoms with Gasteiger partial charge in [-0.3, -0.25) is 19.4 Å². The van der Waals surface area contributed by atoms with E-state index in [1.807, 2.05) is 0 Å². The molecule has 0 aliphatic carbocycles. The van der Waals surface area contributed by atoms with Crippen LogP contribution in [0.5, 0.6) is 0 Å². The number of nitrogens with zero attached hydrogens (tertiary/aromatic N) is 3. The summed E-state index contributed by atoms with van der Waals surface area (Å²) in [5, 5.41) is 0.614. The third kappa shape index (κ3) is 5.68. The summed E-state index contributed by atoms with van der Waals surface area (Å²) in [5.41, 5.74) is 1.58. The number of imide groups is 1. The quantitative estimate of drug-likeness (QED) is 0.354. The molecule has 1 saturated heterocycles. The van der Waals surface area contributed by atoms with Gasteiger partial charge in [-0.25, -0.2) is 4.79 Å². The molecule has 0 N–H and O–H groups in total. The second-order valence-electron chi connectivity index (χ2n) is 8.31. The minimum atomic E-state index is -0.641. The number of ether oxygens (including phenoxy) is 1. The molecule has 2 aromatic rings. The molecule has 0 aromatic heterocycles. The van der Waals surface area contributed by atoms with Crippen LogP contribution in [0.25, 0.3) is 6.08 Å². The van der Waals surface area contributed by atoms with E-state index in [-0.39, 0.29) is 18.4 Å². The van der Waals surface area contributed by atoms with Crippen LogP contribution in [-0.2, 0) is 9.53 Å². The largest absolute Gasteiger partial charge is 0.456 e. The van der Waals surface area contributed by atoms with Crippen molar-refractivity contribution in [2.24, 2.45) is 0 Å². The number of esters is 1. The highest BCUT2D eigenvalue weighted by atomic mass is 35.5. The number of hydrogen-bond acceptors (Lipinski definition) is 6. The Bertz CT molecular complexity index is 1030. The summed E-state index contributed by atoms with van der Waals surface area (Å²) in [5.74, 6) is -1.24. The Labute approximate surface area is 198 Å². The molecular formula is C25H26ClN3O4. The van der Waals surface area contributed by atoms with E-state index in [9.17, 15) is 14.4 Å². The summed E-state index contributed by atoms with van der Waals surface area (Å²) >= 11 is 5.90. The van der Waals surface area contributed by atoms with Gasteiger partial charge in [-0.05, 0) is 43.0 Å². The Kier molecular flexibility index (Phi) is 7.23. The standard InChI is InChI=1S/C25H26ClN3O4/c1-27-12-14-28(15-13-27)16-20(33-23(30)11-8-18-6-9-19(26)10-7-18)17-29-24(31)21-4-2-3-5-22(21)25(29)32/h2-11,20H,12-17H2,1H3/b11-8+/t20-/m0/s1. The van der Waals surface area contributed by atoms with Gasteiger partial charge in [0, 0.05) is 43.8 Å². The van der Waals surface area contributed by atoms with Crippen molar-refractivity contribution in [3.05, 3.63) is 76.3 Å². The SMILES string of the molecule is CN1CCN(C[C@@H](CN2C(=O)c3ccccc3C2=O)OC(=O)/C=C/c2ccc(Cl)cc2)CC1. The van der Waals surface area contributed by atoms with Gasteiger partial charge >= 0.3 is 5.97 Å². The van der Waals surface area contributed by atoms with Gasteiger partial charge in [0.05, 0.1) is 17.7 Å². The predicted molar refractivity (Wildman–Crippen MR) is 126 cm³/mol. The molecule has 1 atom stereocenters. The van der Waals surface area contributed by atoms with Gasteiger partial charge in [-0.2, -0.15) is 0 Å². The van der Waals surface area contributed by atoms with Gasteiger partial charge in [0.1, 0.15) is 6.10 Å². The molecule has 33 heavy (non-hydrogen) atoms. The van der Waals surface area contributed by atoms with E-state index < -0.39 is 12.1 Å². The first-order chi connectivity index (χ1) is 15.9. The number of rotatable bonds is 7. The number of amides is 2. The number of hydrogen-bond donors (Lipinski definition) is 0. The molecular weight excluding hydrogens is 442 g/mol. The lowest BCUT2D eigenvalue weighted by atomic mass is 10.1. The molecule has 0 unspecified atom stereocenters. The molecule has 2 amide bonds. The van der Waals surface area contributed by atoms with E-state index in [1.54, 1.807) is 54.6 Å². The van der Waals surface area contributed by atoms with Crippen LogP contribution in [0.4, 0.5) is 0 Å². The Morgan fingerprint density at radius 3 is 2.18 bits per heavy atom. The first-order valence-corrected chi connectivity index (χ1v) is 11.3. The van der Waals surface area contributed by atoms with Gasteiger partial charge < -0.3 is 9.64 Å². The number of likely N-dealkylation sites (N-methyl/N-ethyl adjacent to an activating group) is 1. The first-order valence-electron chi connectivity index (χ1n) is 10.9. The molecule has 8 heteroatoms. The fraction of sp³-hybridized carbons (Fsp3) is 0.320.